The zero-order valence-corrected chi connectivity index (χ0v) is 11.8. The molecular weight excluding hydrogens is 252 g/mol. The fourth-order valence-corrected chi connectivity index (χ4v) is 2.18. The standard InChI is InChI=1S/C14H19ClO3/c1-4-5-6-12(14(16)17)18-13-10(3)7-9(2)8-11(13)15/h7-8,12H,4-6H2,1-3H3,(H,16,17). The summed E-state index contributed by atoms with van der Waals surface area (Å²) < 4.78 is 5.56. The molecule has 0 aromatic heterocycles. The summed E-state index contributed by atoms with van der Waals surface area (Å²) in [6.07, 6.45) is 1.42. The number of hydrogen-bond acceptors (Lipinski definition) is 2. The lowest BCUT2D eigenvalue weighted by molar-refractivity contribution is -0.145. The number of aliphatic carboxylic acids is 1. The Morgan fingerprint density at radius 3 is 2.61 bits per heavy atom. The highest BCUT2D eigenvalue weighted by atomic mass is 35.5. The van der Waals surface area contributed by atoms with E-state index >= 15 is 0 Å². The van der Waals surface area contributed by atoms with Crippen molar-refractivity contribution in [2.75, 3.05) is 0 Å². The van der Waals surface area contributed by atoms with Crippen LogP contribution in [0, 0.1) is 13.8 Å². The van der Waals surface area contributed by atoms with Crippen molar-refractivity contribution in [2.24, 2.45) is 0 Å². The van der Waals surface area contributed by atoms with Gasteiger partial charge in [-0.05, 0) is 43.9 Å². The van der Waals surface area contributed by atoms with E-state index in [1.54, 1.807) is 6.07 Å². The Balaban J connectivity index is 2.90. The minimum atomic E-state index is -0.945. The zero-order chi connectivity index (χ0) is 13.7. The molecule has 3 nitrogen and oxygen atoms in total. The summed E-state index contributed by atoms with van der Waals surface area (Å²) >= 11 is 6.10. The summed E-state index contributed by atoms with van der Waals surface area (Å²) in [5.41, 5.74) is 1.90. The van der Waals surface area contributed by atoms with E-state index in [1.165, 1.54) is 0 Å². The Labute approximate surface area is 113 Å². The second kappa shape index (κ2) is 6.64. The smallest absolute Gasteiger partial charge is 0.344 e. The molecule has 0 bridgehead atoms. The number of carboxylic acid groups (broad SMARTS) is 1. The number of carboxylic acids is 1. The number of ether oxygens (including phenoxy) is 1. The molecule has 100 valence electrons. The monoisotopic (exact) mass is 270 g/mol. The number of hydrogen-bond donors (Lipinski definition) is 1. The highest BCUT2D eigenvalue weighted by Crippen LogP contribution is 2.31. The second-order valence-corrected chi connectivity index (χ2v) is 4.89. The molecule has 1 rings (SSSR count). The van der Waals surface area contributed by atoms with Crippen LogP contribution in [-0.2, 0) is 4.79 Å². The summed E-state index contributed by atoms with van der Waals surface area (Å²) in [6.45, 7) is 5.82. The van der Waals surface area contributed by atoms with E-state index in [9.17, 15) is 4.79 Å². The number of unbranched alkanes of at least 4 members (excludes halogenated alkanes) is 1. The van der Waals surface area contributed by atoms with Gasteiger partial charge in [0.05, 0.1) is 5.02 Å². The maximum absolute atomic E-state index is 11.1. The topological polar surface area (TPSA) is 46.5 Å². The molecule has 1 aromatic rings. The van der Waals surface area contributed by atoms with Crippen LogP contribution in [-0.4, -0.2) is 17.2 Å². The van der Waals surface area contributed by atoms with Crippen LogP contribution in [0.5, 0.6) is 5.75 Å². The first-order valence-electron chi connectivity index (χ1n) is 6.12. The molecule has 0 saturated heterocycles. The van der Waals surface area contributed by atoms with Gasteiger partial charge in [-0.1, -0.05) is 31.0 Å². The largest absolute Gasteiger partial charge is 0.479 e. The number of aryl methyl sites for hydroxylation is 2. The van der Waals surface area contributed by atoms with Crippen molar-refractivity contribution in [3.8, 4) is 5.75 Å². The fraction of sp³-hybridized carbons (Fsp3) is 0.500. The van der Waals surface area contributed by atoms with Gasteiger partial charge in [-0.25, -0.2) is 4.79 Å². The van der Waals surface area contributed by atoms with Crippen molar-refractivity contribution in [1.29, 1.82) is 0 Å². The Hall–Kier alpha value is -1.22. The quantitative estimate of drug-likeness (QED) is 0.850. The Morgan fingerprint density at radius 2 is 2.11 bits per heavy atom. The van der Waals surface area contributed by atoms with Gasteiger partial charge in [0.15, 0.2) is 6.10 Å². The third-order valence-electron chi connectivity index (χ3n) is 2.73. The fourth-order valence-electron chi connectivity index (χ4n) is 1.82. The average Bonchev–Trinajstić information content (AvgIpc) is 2.26. The SMILES string of the molecule is CCCCC(Oc1c(C)cc(C)cc1Cl)C(=O)O. The van der Waals surface area contributed by atoms with Gasteiger partial charge in [0.2, 0.25) is 0 Å². The van der Waals surface area contributed by atoms with Gasteiger partial charge in [-0.2, -0.15) is 0 Å². The molecule has 0 aliphatic carbocycles. The van der Waals surface area contributed by atoms with Gasteiger partial charge in [0.25, 0.3) is 0 Å². The average molecular weight is 271 g/mol. The Kier molecular flexibility index (Phi) is 5.48. The van der Waals surface area contributed by atoms with E-state index in [-0.39, 0.29) is 0 Å². The van der Waals surface area contributed by atoms with Gasteiger partial charge < -0.3 is 9.84 Å². The van der Waals surface area contributed by atoms with Crippen LogP contribution < -0.4 is 4.74 Å². The molecule has 0 amide bonds. The van der Waals surface area contributed by atoms with Crippen molar-refractivity contribution >= 4 is 17.6 Å². The molecule has 1 N–H and O–H groups in total. The highest BCUT2D eigenvalue weighted by molar-refractivity contribution is 6.32. The van der Waals surface area contributed by atoms with E-state index in [0.29, 0.717) is 17.2 Å². The van der Waals surface area contributed by atoms with Gasteiger partial charge in [-0.3, -0.25) is 0 Å². The summed E-state index contributed by atoms with van der Waals surface area (Å²) in [5.74, 6) is -0.467. The molecule has 0 heterocycles. The van der Waals surface area contributed by atoms with Crippen molar-refractivity contribution in [3.63, 3.8) is 0 Å². The van der Waals surface area contributed by atoms with Crippen LogP contribution in [0.1, 0.15) is 37.3 Å². The number of rotatable bonds is 6. The van der Waals surface area contributed by atoms with Crippen LogP contribution in [0.3, 0.4) is 0 Å². The minimum Gasteiger partial charge on any atom is -0.479 e. The van der Waals surface area contributed by atoms with E-state index in [2.05, 4.69) is 0 Å². The summed E-state index contributed by atoms with van der Waals surface area (Å²) in [7, 11) is 0. The molecule has 0 radical (unpaired) electrons. The number of carbonyl (C=O) groups is 1. The lowest BCUT2D eigenvalue weighted by Crippen LogP contribution is -2.27. The van der Waals surface area contributed by atoms with E-state index < -0.39 is 12.1 Å². The molecule has 1 atom stereocenters. The van der Waals surface area contributed by atoms with Gasteiger partial charge in [-0.15, -0.1) is 0 Å². The Bertz CT molecular complexity index is 406. The molecule has 0 spiro atoms. The molecule has 0 fully saturated rings. The van der Waals surface area contributed by atoms with Crippen LogP contribution in [0.2, 0.25) is 5.02 Å². The zero-order valence-electron chi connectivity index (χ0n) is 11.0. The normalized spacial score (nSPS) is 12.2. The first kappa shape index (κ1) is 14.8. The highest BCUT2D eigenvalue weighted by Gasteiger charge is 2.21. The van der Waals surface area contributed by atoms with Crippen LogP contribution in [0.4, 0.5) is 0 Å². The first-order valence-corrected chi connectivity index (χ1v) is 6.49. The van der Waals surface area contributed by atoms with E-state index in [0.717, 1.165) is 24.0 Å². The molecule has 4 heteroatoms. The van der Waals surface area contributed by atoms with E-state index in [4.69, 9.17) is 21.4 Å². The molecule has 1 aromatic carbocycles. The molecule has 18 heavy (non-hydrogen) atoms. The van der Waals surface area contributed by atoms with Crippen molar-refractivity contribution < 1.29 is 14.6 Å². The lowest BCUT2D eigenvalue weighted by atomic mass is 10.1. The van der Waals surface area contributed by atoms with Crippen LogP contribution in [0.15, 0.2) is 12.1 Å². The molecule has 0 saturated carbocycles. The van der Waals surface area contributed by atoms with Crippen LogP contribution in [0.25, 0.3) is 0 Å². The second-order valence-electron chi connectivity index (χ2n) is 4.48. The van der Waals surface area contributed by atoms with Crippen LogP contribution >= 0.6 is 11.6 Å². The van der Waals surface area contributed by atoms with Crippen molar-refractivity contribution in [3.05, 3.63) is 28.3 Å². The maximum Gasteiger partial charge on any atom is 0.344 e. The third kappa shape index (κ3) is 3.91. The van der Waals surface area contributed by atoms with Gasteiger partial charge >= 0.3 is 5.97 Å². The maximum atomic E-state index is 11.1. The predicted octanol–water partition coefficient (Wildman–Crippen LogP) is 3.98. The minimum absolute atomic E-state index is 0.468. The van der Waals surface area contributed by atoms with E-state index in [1.807, 2.05) is 26.8 Å². The van der Waals surface area contributed by atoms with Gasteiger partial charge in [0, 0.05) is 0 Å². The third-order valence-corrected chi connectivity index (χ3v) is 3.01. The summed E-state index contributed by atoms with van der Waals surface area (Å²) in [4.78, 5) is 11.1. The molecular formula is C14H19ClO3. The summed E-state index contributed by atoms with van der Waals surface area (Å²) in [5, 5.41) is 9.60. The van der Waals surface area contributed by atoms with Crippen molar-refractivity contribution in [1.82, 2.24) is 0 Å². The Morgan fingerprint density at radius 1 is 1.44 bits per heavy atom. The first-order chi connectivity index (χ1) is 8.45. The lowest BCUT2D eigenvalue weighted by Gasteiger charge is -2.18. The number of benzene rings is 1. The number of halogens is 1. The van der Waals surface area contributed by atoms with Gasteiger partial charge in [0.1, 0.15) is 5.75 Å². The van der Waals surface area contributed by atoms with Crippen molar-refractivity contribution in [2.45, 2.75) is 46.1 Å². The molecule has 1 unspecified atom stereocenters. The molecule has 0 aliphatic rings. The predicted molar refractivity (Wildman–Crippen MR) is 72.5 cm³/mol. The summed E-state index contributed by atoms with van der Waals surface area (Å²) in [6, 6.07) is 3.71. The molecule has 0 aliphatic heterocycles.